The van der Waals surface area contributed by atoms with Crippen molar-refractivity contribution >= 4 is 22.8 Å². The first-order chi connectivity index (χ1) is 11.8. The van der Waals surface area contributed by atoms with Crippen LogP contribution in [0.1, 0.15) is 5.82 Å². The van der Waals surface area contributed by atoms with Crippen LogP contribution in [0.4, 0.5) is 0 Å². The standard InChI is InChI=1S/C16H14N6OS/c1-23-12-8-6-11(7-9-12)22-16(19-20-21-22)24-10-15-17-13-4-2-3-5-14(13)18-15/h2-9H,10H2,1H3,(H,17,18). The highest BCUT2D eigenvalue weighted by molar-refractivity contribution is 7.98. The lowest BCUT2D eigenvalue weighted by molar-refractivity contribution is 0.414. The molecular formula is C16H14N6OS. The topological polar surface area (TPSA) is 81.5 Å². The van der Waals surface area contributed by atoms with Crippen LogP contribution in [0.2, 0.25) is 0 Å². The number of aromatic nitrogens is 6. The molecule has 0 radical (unpaired) electrons. The number of nitrogens with one attached hydrogen (secondary N) is 1. The normalized spacial score (nSPS) is 11.0. The van der Waals surface area contributed by atoms with E-state index in [1.807, 2.05) is 48.5 Å². The van der Waals surface area contributed by atoms with Crippen molar-refractivity contribution in [3.8, 4) is 11.4 Å². The Morgan fingerprint density at radius 1 is 1.12 bits per heavy atom. The maximum absolute atomic E-state index is 5.17. The highest BCUT2D eigenvalue weighted by Gasteiger charge is 2.11. The van der Waals surface area contributed by atoms with Crippen LogP contribution in [-0.4, -0.2) is 37.3 Å². The summed E-state index contributed by atoms with van der Waals surface area (Å²) in [4.78, 5) is 7.87. The molecular weight excluding hydrogens is 324 g/mol. The van der Waals surface area contributed by atoms with Crippen molar-refractivity contribution in [1.29, 1.82) is 0 Å². The minimum Gasteiger partial charge on any atom is -0.497 e. The van der Waals surface area contributed by atoms with E-state index in [1.54, 1.807) is 11.8 Å². The summed E-state index contributed by atoms with van der Waals surface area (Å²) in [5.74, 6) is 2.35. The molecule has 4 rings (SSSR count). The van der Waals surface area contributed by atoms with E-state index in [-0.39, 0.29) is 0 Å². The smallest absolute Gasteiger partial charge is 0.214 e. The summed E-state index contributed by atoms with van der Waals surface area (Å²) in [5.41, 5.74) is 2.87. The second-order valence-corrected chi connectivity index (χ2v) is 6.00. The zero-order chi connectivity index (χ0) is 16.4. The molecule has 0 aliphatic carbocycles. The number of fused-ring (bicyclic) bond motifs is 1. The highest BCUT2D eigenvalue weighted by Crippen LogP contribution is 2.23. The van der Waals surface area contributed by atoms with Crippen molar-refractivity contribution in [2.45, 2.75) is 10.9 Å². The Morgan fingerprint density at radius 2 is 1.96 bits per heavy atom. The molecule has 7 nitrogen and oxygen atoms in total. The molecule has 8 heteroatoms. The fourth-order valence-corrected chi connectivity index (χ4v) is 3.12. The van der Waals surface area contributed by atoms with Crippen molar-refractivity contribution in [3.05, 3.63) is 54.4 Å². The number of aromatic amines is 1. The lowest BCUT2D eigenvalue weighted by atomic mass is 10.3. The van der Waals surface area contributed by atoms with E-state index in [2.05, 4.69) is 25.5 Å². The molecule has 0 saturated heterocycles. The molecule has 0 unspecified atom stereocenters. The van der Waals surface area contributed by atoms with Gasteiger partial charge in [-0.15, -0.1) is 5.10 Å². The molecule has 120 valence electrons. The molecule has 1 N–H and O–H groups in total. The first-order valence-corrected chi connectivity index (χ1v) is 8.31. The Hall–Kier alpha value is -2.87. The molecule has 0 bridgehead atoms. The number of ether oxygens (including phenoxy) is 1. The molecule has 0 atom stereocenters. The van der Waals surface area contributed by atoms with Crippen LogP contribution in [0.15, 0.2) is 53.7 Å². The van der Waals surface area contributed by atoms with Gasteiger partial charge in [-0.1, -0.05) is 23.9 Å². The maximum atomic E-state index is 5.17. The Kier molecular flexibility index (Phi) is 3.87. The van der Waals surface area contributed by atoms with Gasteiger partial charge in [0.1, 0.15) is 11.6 Å². The lowest BCUT2D eigenvalue weighted by Crippen LogP contribution is -1.99. The predicted octanol–water partition coefficient (Wildman–Crippen LogP) is 2.84. The second-order valence-electron chi connectivity index (χ2n) is 5.06. The van der Waals surface area contributed by atoms with Crippen molar-refractivity contribution in [2.75, 3.05) is 7.11 Å². The number of thioether (sulfide) groups is 1. The van der Waals surface area contributed by atoms with E-state index < -0.39 is 0 Å². The van der Waals surface area contributed by atoms with Crippen molar-refractivity contribution in [3.63, 3.8) is 0 Å². The number of H-pyrrole nitrogens is 1. The number of imidazole rings is 1. The molecule has 0 aliphatic rings. The zero-order valence-electron chi connectivity index (χ0n) is 12.9. The number of tetrazole rings is 1. The first-order valence-electron chi connectivity index (χ1n) is 7.33. The van der Waals surface area contributed by atoms with Gasteiger partial charge in [0, 0.05) is 0 Å². The summed E-state index contributed by atoms with van der Waals surface area (Å²) in [7, 11) is 1.64. The highest BCUT2D eigenvalue weighted by atomic mass is 32.2. The van der Waals surface area contributed by atoms with E-state index >= 15 is 0 Å². The average molecular weight is 338 g/mol. The SMILES string of the molecule is COc1ccc(-n2nnnc2SCc2nc3ccccc3[nH]2)cc1. The van der Waals surface area contributed by atoms with Crippen LogP contribution in [-0.2, 0) is 5.75 Å². The number of methoxy groups -OCH3 is 1. The zero-order valence-corrected chi connectivity index (χ0v) is 13.7. The minimum absolute atomic E-state index is 0.658. The first kappa shape index (κ1) is 14.7. The quantitative estimate of drug-likeness (QED) is 0.564. The van der Waals surface area contributed by atoms with E-state index in [9.17, 15) is 0 Å². The molecule has 4 aromatic rings. The van der Waals surface area contributed by atoms with Gasteiger partial charge in [-0.2, -0.15) is 4.68 Å². The summed E-state index contributed by atoms with van der Waals surface area (Å²) in [6.07, 6.45) is 0. The van der Waals surface area contributed by atoms with E-state index in [1.165, 1.54) is 11.8 Å². The molecule has 0 fully saturated rings. The molecule has 2 aromatic carbocycles. The summed E-state index contributed by atoms with van der Waals surface area (Å²) >= 11 is 1.53. The fourth-order valence-electron chi connectivity index (χ4n) is 2.36. The Labute approximate surface area is 142 Å². The van der Waals surface area contributed by atoms with Gasteiger partial charge >= 0.3 is 0 Å². The van der Waals surface area contributed by atoms with Crippen LogP contribution >= 0.6 is 11.8 Å². The number of benzene rings is 2. The van der Waals surface area contributed by atoms with Crippen molar-refractivity contribution in [1.82, 2.24) is 30.2 Å². The summed E-state index contributed by atoms with van der Waals surface area (Å²) in [6, 6.07) is 15.6. The van der Waals surface area contributed by atoms with Crippen LogP contribution in [0, 0.1) is 0 Å². The third-order valence-electron chi connectivity index (χ3n) is 3.53. The third-order valence-corrected chi connectivity index (χ3v) is 4.46. The average Bonchev–Trinajstić information content (AvgIpc) is 3.26. The molecule has 0 aliphatic heterocycles. The lowest BCUT2D eigenvalue weighted by Gasteiger charge is -2.04. The van der Waals surface area contributed by atoms with Gasteiger partial charge in [-0.3, -0.25) is 0 Å². The van der Waals surface area contributed by atoms with Gasteiger partial charge in [0.05, 0.1) is 29.6 Å². The molecule has 2 aromatic heterocycles. The number of para-hydroxylation sites is 2. The Bertz CT molecular complexity index is 929. The van der Waals surface area contributed by atoms with Crippen molar-refractivity contribution in [2.24, 2.45) is 0 Å². The van der Waals surface area contributed by atoms with Gasteiger partial charge in [0.2, 0.25) is 5.16 Å². The number of hydrogen-bond donors (Lipinski definition) is 1. The maximum Gasteiger partial charge on any atom is 0.214 e. The Morgan fingerprint density at radius 3 is 2.75 bits per heavy atom. The van der Waals surface area contributed by atoms with Crippen molar-refractivity contribution < 1.29 is 4.74 Å². The number of rotatable bonds is 5. The largest absolute Gasteiger partial charge is 0.497 e. The van der Waals surface area contributed by atoms with E-state index in [0.717, 1.165) is 28.3 Å². The van der Waals surface area contributed by atoms with Gasteiger partial charge < -0.3 is 9.72 Å². The summed E-state index contributed by atoms with van der Waals surface area (Å²) in [6.45, 7) is 0. The summed E-state index contributed by atoms with van der Waals surface area (Å²) in [5, 5.41) is 12.6. The summed E-state index contributed by atoms with van der Waals surface area (Å²) < 4.78 is 6.87. The van der Waals surface area contributed by atoms with Crippen LogP contribution in [0.25, 0.3) is 16.7 Å². The molecule has 24 heavy (non-hydrogen) atoms. The van der Waals surface area contributed by atoms with Gasteiger partial charge in [-0.25, -0.2) is 4.98 Å². The molecule has 0 spiro atoms. The molecule has 0 amide bonds. The second kappa shape index (κ2) is 6.32. The van der Waals surface area contributed by atoms with Gasteiger partial charge in [0.15, 0.2) is 0 Å². The van der Waals surface area contributed by atoms with Crippen LogP contribution in [0.3, 0.4) is 0 Å². The minimum atomic E-state index is 0.658. The fraction of sp³-hybridized carbons (Fsp3) is 0.125. The van der Waals surface area contributed by atoms with E-state index in [0.29, 0.717) is 10.9 Å². The predicted molar refractivity (Wildman–Crippen MR) is 91.4 cm³/mol. The number of hydrogen-bond acceptors (Lipinski definition) is 6. The number of nitrogens with zero attached hydrogens (tertiary/aromatic N) is 5. The molecule has 2 heterocycles. The third kappa shape index (κ3) is 2.83. The Balaban J connectivity index is 1.53. The van der Waals surface area contributed by atoms with Gasteiger partial charge in [-0.05, 0) is 46.8 Å². The van der Waals surface area contributed by atoms with Crippen LogP contribution in [0.5, 0.6) is 5.75 Å². The monoisotopic (exact) mass is 338 g/mol. The van der Waals surface area contributed by atoms with E-state index in [4.69, 9.17) is 4.74 Å². The van der Waals surface area contributed by atoms with Gasteiger partial charge in [0.25, 0.3) is 0 Å². The molecule has 0 saturated carbocycles. The van der Waals surface area contributed by atoms with Crippen LogP contribution < -0.4 is 4.74 Å².